The lowest BCUT2D eigenvalue weighted by Crippen LogP contribution is -2.35. The highest BCUT2D eigenvalue weighted by Crippen LogP contribution is 2.20. The largest absolute Gasteiger partial charge is 0.467 e. The van der Waals surface area contributed by atoms with Gasteiger partial charge >= 0.3 is 5.97 Å². The average molecular weight is 308 g/mol. The number of carbonyl (C=O) groups is 2. The summed E-state index contributed by atoms with van der Waals surface area (Å²) in [6.07, 6.45) is 1.57. The number of hydrogen-bond acceptors (Lipinski definition) is 3. The number of esters is 1. The molecule has 1 heterocycles. The Hall–Kier alpha value is -2.70. The van der Waals surface area contributed by atoms with Crippen LogP contribution in [0.15, 0.2) is 30.5 Å². The van der Waals surface area contributed by atoms with Crippen molar-refractivity contribution in [2.24, 2.45) is 0 Å². The fourth-order valence-corrected chi connectivity index (χ4v) is 2.02. The standard InChI is InChI=1S/C15H14F2N2O3/c1-8-10(5-6-18-8)14(20)19-13(15(21)22-2)11-4-3-9(16)7-12(11)17/h3-7,13,18H,1-2H3,(H,19,20)/t13-/m0/s1. The molecule has 0 aliphatic heterocycles. The Morgan fingerprint density at radius 1 is 1.27 bits per heavy atom. The number of rotatable bonds is 4. The van der Waals surface area contributed by atoms with Crippen molar-refractivity contribution in [1.29, 1.82) is 0 Å². The first-order valence-electron chi connectivity index (χ1n) is 6.41. The van der Waals surface area contributed by atoms with Crippen molar-refractivity contribution in [3.63, 3.8) is 0 Å². The molecule has 7 heteroatoms. The molecule has 0 bridgehead atoms. The number of carbonyl (C=O) groups excluding carboxylic acids is 2. The highest BCUT2D eigenvalue weighted by molar-refractivity contribution is 5.98. The molecule has 0 aliphatic carbocycles. The molecule has 0 saturated heterocycles. The number of benzene rings is 1. The van der Waals surface area contributed by atoms with Crippen LogP contribution in [0.5, 0.6) is 0 Å². The van der Waals surface area contributed by atoms with E-state index in [4.69, 9.17) is 0 Å². The molecule has 1 amide bonds. The van der Waals surface area contributed by atoms with Crippen LogP contribution < -0.4 is 5.32 Å². The average Bonchev–Trinajstić information content (AvgIpc) is 2.90. The van der Waals surface area contributed by atoms with Crippen molar-refractivity contribution in [2.75, 3.05) is 7.11 Å². The monoisotopic (exact) mass is 308 g/mol. The van der Waals surface area contributed by atoms with Crippen LogP contribution >= 0.6 is 0 Å². The molecular weight excluding hydrogens is 294 g/mol. The molecule has 116 valence electrons. The molecule has 1 aromatic heterocycles. The van der Waals surface area contributed by atoms with Gasteiger partial charge in [-0.15, -0.1) is 0 Å². The van der Waals surface area contributed by atoms with Gasteiger partial charge in [-0.05, 0) is 19.1 Å². The van der Waals surface area contributed by atoms with Gasteiger partial charge in [-0.3, -0.25) is 4.79 Å². The number of H-pyrrole nitrogens is 1. The first kappa shape index (κ1) is 15.7. The topological polar surface area (TPSA) is 71.2 Å². The number of aryl methyl sites for hydroxylation is 1. The summed E-state index contributed by atoms with van der Waals surface area (Å²) in [5.74, 6) is -3.15. The van der Waals surface area contributed by atoms with E-state index in [2.05, 4.69) is 15.0 Å². The molecule has 2 rings (SSSR count). The summed E-state index contributed by atoms with van der Waals surface area (Å²) in [6.45, 7) is 1.68. The Labute approximate surface area is 125 Å². The maximum Gasteiger partial charge on any atom is 0.333 e. The van der Waals surface area contributed by atoms with E-state index in [0.29, 0.717) is 17.3 Å². The van der Waals surface area contributed by atoms with Gasteiger partial charge in [0.2, 0.25) is 0 Å². The van der Waals surface area contributed by atoms with Crippen LogP contribution in [-0.2, 0) is 9.53 Å². The van der Waals surface area contributed by atoms with Crippen molar-refractivity contribution in [1.82, 2.24) is 10.3 Å². The van der Waals surface area contributed by atoms with Crippen LogP contribution in [0.1, 0.15) is 27.7 Å². The quantitative estimate of drug-likeness (QED) is 0.851. The van der Waals surface area contributed by atoms with Gasteiger partial charge in [0.25, 0.3) is 5.91 Å². The van der Waals surface area contributed by atoms with Gasteiger partial charge in [-0.2, -0.15) is 0 Å². The molecular formula is C15H14F2N2O3. The summed E-state index contributed by atoms with van der Waals surface area (Å²) in [6, 6.07) is 2.89. The molecule has 2 N–H and O–H groups in total. The SMILES string of the molecule is COC(=O)[C@@H](NC(=O)c1cc[nH]c1C)c1ccc(F)cc1F. The van der Waals surface area contributed by atoms with Crippen LogP contribution in [0, 0.1) is 18.6 Å². The molecule has 0 unspecified atom stereocenters. The number of hydrogen-bond donors (Lipinski definition) is 2. The van der Waals surface area contributed by atoms with Crippen molar-refractivity contribution in [2.45, 2.75) is 13.0 Å². The second-order valence-electron chi connectivity index (χ2n) is 4.61. The fourth-order valence-electron chi connectivity index (χ4n) is 2.02. The summed E-state index contributed by atoms with van der Waals surface area (Å²) >= 11 is 0. The van der Waals surface area contributed by atoms with Crippen molar-refractivity contribution in [3.05, 3.63) is 58.9 Å². The molecule has 0 aliphatic rings. The first-order valence-corrected chi connectivity index (χ1v) is 6.41. The van der Waals surface area contributed by atoms with Crippen molar-refractivity contribution in [3.8, 4) is 0 Å². The molecule has 2 aromatic rings. The van der Waals surface area contributed by atoms with Gasteiger partial charge in [0.05, 0.1) is 12.7 Å². The van der Waals surface area contributed by atoms with Gasteiger partial charge in [0.1, 0.15) is 11.6 Å². The first-order chi connectivity index (χ1) is 10.4. The number of halogens is 2. The van der Waals surface area contributed by atoms with E-state index in [9.17, 15) is 18.4 Å². The van der Waals surface area contributed by atoms with Crippen molar-refractivity contribution >= 4 is 11.9 Å². The second-order valence-corrected chi connectivity index (χ2v) is 4.61. The molecule has 0 fully saturated rings. The normalized spacial score (nSPS) is 11.8. The van der Waals surface area contributed by atoms with Gasteiger partial charge in [0.15, 0.2) is 6.04 Å². The molecule has 0 radical (unpaired) electrons. The lowest BCUT2D eigenvalue weighted by molar-refractivity contribution is -0.143. The zero-order valence-electron chi connectivity index (χ0n) is 11.9. The van der Waals surface area contributed by atoms with E-state index in [-0.39, 0.29) is 5.56 Å². The summed E-state index contributed by atoms with van der Waals surface area (Å²) in [7, 11) is 1.12. The predicted molar refractivity (Wildman–Crippen MR) is 74.1 cm³/mol. The minimum atomic E-state index is -1.37. The summed E-state index contributed by atoms with van der Waals surface area (Å²) in [5, 5.41) is 2.39. The van der Waals surface area contributed by atoms with Crippen molar-refractivity contribution < 1.29 is 23.1 Å². The number of amides is 1. The maximum absolute atomic E-state index is 13.9. The van der Waals surface area contributed by atoms with Gasteiger partial charge in [-0.25, -0.2) is 13.6 Å². The highest BCUT2D eigenvalue weighted by Gasteiger charge is 2.27. The third kappa shape index (κ3) is 3.13. The molecule has 1 aromatic carbocycles. The Kier molecular flexibility index (Phi) is 4.55. The number of aromatic nitrogens is 1. The van der Waals surface area contributed by atoms with E-state index >= 15 is 0 Å². The van der Waals surface area contributed by atoms with Crippen LogP contribution in [-0.4, -0.2) is 24.0 Å². The summed E-state index contributed by atoms with van der Waals surface area (Å²) < 4.78 is 31.4. The Morgan fingerprint density at radius 2 is 2.00 bits per heavy atom. The lowest BCUT2D eigenvalue weighted by Gasteiger charge is -2.17. The Balaban J connectivity index is 2.33. The van der Waals surface area contributed by atoms with E-state index in [0.717, 1.165) is 19.2 Å². The molecule has 5 nitrogen and oxygen atoms in total. The zero-order chi connectivity index (χ0) is 16.3. The van der Waals surface area contributed by atoms with Crippen LogP contribution in [0.25, 0.3) is 0 Å². The number of nitrogens with one attached hydrogen (secondary N) is 2. The molecule has 22 heavy (non-hydrogen) atoms. The van der Waals surface area contributed by atoms with E-state index < -0.39 is 29.6 Å². The number of aromatic amines is 1. The van der Waals surface area contributed by atoms with Crippen LogP contribution in [0.2, 0.25) is 0 Å². The van der Waals surface area contributed by atoms with Gasteiger partial charge in [0, 0.05) is 23.5 Å². The smallest absolute Gasteiger partial charge is 0.333 e. The minimum Gasteiger partial charge on any atom is -0.467 e. The van der Waals surface area contributed by atoms with Gasteiger partial charge < -0.3 is 15.0 Å². The summed E-state index contributed by atoms with van der Waals surface area (Å²) in [4.78, 5) is 26.8. The fraction of sp³-hybridized carbons (Fsp3) is 0.200. The number of methoxy groups -OCH3 is 1. The highest BCUT2D eigenvalue weighted by atomic mass is 19.1. The third-order valence-corrected chi connectivity index (χ3v) is 3.18. The van der Waals surface area contributed by atoms with Gasteiger partial charge in [-0.1, -0.05) is 6.07 Å². The third-order valence-electron chi connectivity index (χ3n) is 3.18. The number of ether oxygens (including phenoxy) is 1. The molecule has 0 spiro atoms. The van der Waals surface area contributed by atoms with E-state index in [1.165, 1.54) is 6.07 Å². The Morgan fingerprint density at radius 3 is 2.55 bits per heavy atom. The Bertz CT molecular complexity index is 713. The van der Waals surface area contributed by atoms with E-state index in [1.54, 1.807) is 13.1 Å². The minimum absolute atomic E-state index is 0.171. The predicted octanol–water partition coefficient (Wildman–Crippen LogP) is 2.25. The second kappa shape index (κ2) is 6.38. The summed E-state index contributed by atoms with van der Waals surface area (Å²) in [5.41, 5.74) is 0.743. The van der Waals surface area contributed by atoms with Crippen LogP contribution in [0.4, 0.5) is 8.78 Å². The van der Waals surface area contributed by atoms with E-state index in [1.807, 2.05) is 0 Å². The zero-order valence-corrected chi connectivity index (χ0v) is 11.9. The van der Waals surface area contributed by atoms with Crippen LogP contribution in [0.3, 0.4) is 0 Å². The lowest BCUT2D eigenvalue weighted by atomic mass is 10.1. The molecule has 1 atom stereocenters. The molecule has 0 saturated carbocycles. The maximum atomic E-state index is 13.9.